The van der Waals surface area contributed by atoms with Crippen molar-refractivity contribution >= 4 is 34.5 Å². The van der Waals surface area contributed by atoms with Gasteiger partial charge in [-0.25, -0.2) is 4.98 Å². The Labute approximate surface area is 127 Å². The monoisotopic (exact) mass is 314 g/mol. The number of aromatic nitrogens is 1. The fourth-order valence-corrected chi connectivity index (χ4v) is 3.55. The summed E-state index contributed by atoms with van der Waals surface area (Å²) >= 11 is 13.7. The second-order valence-electron chi connectivity index (χ2n) is 4.56. The molecular weight excluding hydrogens is 299 g/mol. The van der Waals surface area contributed by atoms with E-state index in [1.165, 1.54) is 4.88 Å². The Morgan fingerprint density at radius 1 is 1.21 bits per heavy atom. The first-order valence-electron chi connectivity index (χ1n) is 6.08. The van der Waals surface area contributed by atoms with Gasteiger partial charge >= 0.3 is 0 Å². The topological polar surface area (TPSA) is 24.9 Å². The molecule has 0 amide bonds. The molecule has 1 unspecified atom stereocenters. The molecule has 1 atom stereocenters. The number of halogens is 2. The first-order chi connectivity index (χ1) is 8.95. The summed E-state index contributed by atoms with van der Waals surface area (Å²) in [6.07, 6.45) is 0. The Morgan fingerprint density at radius 3 is 2.37 bits per heavy atom. The van der Waals surface area contributed by atoms with Crippen molar-refractivity contribution < 1.29 is 0 Å². The SMILES string of the molecule is Cc1nc(C)c(C(C)NCc2cc(Cl)cc(Cl)c2)s1. The number of hydrogen-bond acceptors (Lipinski definition) is 3. The van der Waals surface area contributed by atoms with Crippen LogP contribution in [0.1, 0.15) is 34.1 Å². The highest BCUT2D eigenvalue weighted by Crippen LogP contribution is 2.25. The summed E-state index contributed by atoms with van der Waals surface area (Å²) in [6, 6.07) is 5.87. The predicted octanol–water partition coefficient (Wildman–Crippen LogP) is 4.92. The molecule has 0 spiro atoms. The zero-order valence-electron chi connectivity index (χ0n) is 11.1. The maximum absolute atomic E-state index is 5.99. The highest BCUT2D eigenvalue weighted by molar-refractivity contribution is 7.11. The number of aryl methyl sites for hydroxylation is 2. The molecule has 0 aliphatic rings. The Morgan fingerprint density at radius 2 is 1.84 bits per heavy atom. The molecule has 0 fully saturated rings. The van der Waals surface area contributed by atoms with Gasteiger partial charge in [-0.05, 0) is 44.5 Å². The Balaban J connectivity index is 2.04. The molecule has 2 aromatic rings. The van der Waals surface area contributed by atoms with Crippen LogP contribution in [0.3, 0.4) is 0 Å². The summed E-state index contributed by atoms with van der Waals surface area (Å²) in [4.78, 5) is 5.73. The van der Waals surface area contributed by atoms with E-state index in [4.69, 9.17) is 23.2 Å². The van der Waals surface area contributed by atoms with Crippen LogP contribution in [0, 0.1) is 13.8 Å². The number of thiazole rings is 1. The second kappa shape index (κ2) is 6.23. The van der Waals surface area contributed by atoms with Crippen molar-refractivity contribution in [3.05, 3.63) is 49.4 Å². The molecule has 0 saturated heterocycles. The van der Waals surface area contributed by atoms with Crippen LogP contribution < -0.4 is 5.32 Å². The molecule has 1 N–H and O–H groups in total. The third-order valence-corrected chi connectivity index (χ3v) is 4.56. The molecule has 102 valence electrons. The summed E-state index contributed by atoms with van der Waals surface area (Å²) < 4.78 is 0. The molecule has 0 saturated carbocycles. The van der Waals surface area contributed by atoms with Crippen molar-refractivity contribution in [1.29, 1.82) is 0 Å². The van der Waals surface area contributed by atoms with Crippen molar-refractivity contribution in [2.24, 2.45) is 0 Å². The van der Waals surface area contributed by atoms with Gasteiger partial charge in [0.2, 0.25) is 0 Å². The van der Waals surface area contributed by atoms with Gasteiger partial charge in [-0.1, -0.05) is 23.2 Å². The Hall–Kier alpha value is -0.610. The second-order valence-corrected chi connectivity index (χ2v) is 6.67. The number of nitrogens with zero attached hydrogens (tertiary/aromatic N) is 1. The molecule has 1 aromatic heterocycles. The lowest BCUT2D eigenvalue weighted by Crippen LogP contribution is -2.17. The van der Waals surface area contributed by atoms with Gasteiger partial charge in [0.15, 0.2) is 0 Å². The van der Waals surface area contributed by atoms with E-state index in [1.54, 1.807) is 17.4 Å². The van der Waals surface area contributed by atoms with E-state index in [1.807, 2.05) is 26.0 Å². The summed E-state index contributed by atoms with van der Waals surface area (Å²) in [7, 11) is 0. The van der Waals surface area contributed by atoms with Crippen LogP contribution in [0.4, 0.5) is 0 Å². The zero-order valence-corrected chi connectivity index (χ0v) is 13.5. The van der Waals surface area contributed by atoms with Crippen LogP contribution >= 0.6 is 34.5 Å². The number of hydrogen-bond donors (Lipinski definition) is 1. The largest absolute Gasteiger partial charge is 0.305 e. The van der Waals surface area contributed by atoms with Crippen LogP contribution in [-0.4, -0.2) is 4.98 Å². The molecule has 2 rings (SSSR count). The maximum atomic E-state index is 5.99. The van der Waals surface area contributed by atoms with Gasteiger partial charge < -0.3 is 5.32 Å². The van der Waals surface area contributed by atoms with Gasteiger partial charge in [0.05, 0.1) is 10.7 Å². The van der Waals surface area contributed by atoms with Crippen LogP contribution in [-0.2, 0) is 6.54 Å². The van der Waals surface area contributed by atoms with Gasteiger partial charge in [0.1, 0.15) is 0 Å². The van der Waals surface area contributed by atoms with E-state index >= 15 is 0 Å². The minimum atomic E-state index is 0.268. The lowest BCUT2D eigenvalue weighted by Gasteiger charge is -2.13. The lowest BCUT2D eigenvalue weighted by atomic mass is 10.2. The molecule has 0 aliphatic heterocycles. The Bertz CT molecular complexity index is 561. The molecule has 2 nitrogen and oxygen atoms in total. The minimum absolute atomic E-state index is 0.268. The smallest absolute Gasteiger partial charge is 0.0900 e. The molecule has 1 heterocycles. The van der Waals surface area contributed by atoms with Crippen molar-refractivity contribution in [1.82, 2.24) is 10.3 Å². The van der Waals surface area contributed by atoms with E-state index in [0.717, 1.165) is 22.8 Å². The van der Waals surface area contributed by atoms with Gasteiger partial charge in [-0.3, -0.25) is 0 Å². The van der Waals surface area contributed by atoms with E-state index in [-0.39, 0.29) is 6.04 Å². The van der Waals surface area contributed by atoms with Crippen LogP contribution in [0.5, 0.6) is 0 Å². The molecular formula is C14H16Cl2N2S. The first-order valence-corrected chi connectivity index (χ1v) is 7.65. The molecule has 0 aliphatic carbocycles. The highest BCUT2D eigenvalue weighted by Gasteiger charge is 2.12. The molecule has 0 bridgehead atoms. The van der Waals surface area contributed by atoms with Crippen molar-refractivity contribution in [3.8, 4) is 0 Å². The number of nitrogens with one attached hydrogen (secondary N) is 1. The van der Waals surface area contributed by atoms with E-state index < -0.39 is 0 Å². The van der Waals surface area contributed by atoms with Crippen molar-refractivity contribution in [2.75, 3.05) is 0 Å². The average Bonchev–Trinajstić information content (AvgIpc) is 2.64. The number of rotatable bonds is 4. The van der Waals surface area contributed by atoms with Gasteiger partial charge in [-0.15, -0.1) is 11.3 Å². The van der Waals surface area contributed by atoms with Gasteiger partial charge in [-0.2, -0.15) is 0 Å². The van der Waals surface area contributed by atoms with Crippen molar-refractivity contribution in [2.45, 2.75) is 33.4 Å². The van der Waals surface area contributed by atoms with Gasteiger partial charge in [0.25, 0.3) is 0 Å². The average molecular weight is 315 g/mol. The van der Waals surface area contributed by atoms with Crippen LogP contribution in [0.2, 0.25) is 10.0 Å². The molecule has 1 aromatic carbocycles. The molecule has 0 radical (unpaired) electrons. The summed E-state index contributed by atoms with van der Waals surface area (Å²) in [5, 5.41) is 5.92. The van der Waals surface area contributed by atoms with Crippen LogP contribution in [0.25, 0.3) is 0 Å². The summed E-state index contributed by atoms with van der Waals surface area (Å²) in [5.41, 5.74) is 2.19. The zero-order chi connectivity index (χ0) is 14.0. The quantitative estimate of drug-likeness (QED) is 0.866. The first kappa shape index (κ1) is 14.8. The van der Waals surface area contributed by atoms with Crippen molar-refractivity contribution in [3.63, 3.8) is 0 Å². The summed E-state index contributed by atoms with van der Waals surface area (Å²) in [6.45, 7) is 6.96. The lowest BCUT2D eigenvalue weighted by molar-refractivity contribution is 0.579. The standard InChI is InChI=1S/C14H16Cl2N2S/c1-8(14-9(2)18-10(3)19-14)17-7-11-4-12(15)6-13(16)5-11/h4-6,8,17H,7H2,1-3H3. The Kier molecular flexibility index (Phi) is 4.85. The highest BCUT2D eigenvalue weighted by atomic mass is 35.5. The fourth-order valence-electron chi connectivity index (χ4n) is 2.03. The third kappa shape index (κ3) is 3.93. The molecule has 19 heavy (non-hydrogen) atoms. The van der Waals surface area contributed by atoms with Gasteiger partial charge in [0, 0.05) is 27.5 Å². The summed E-state index contributed by atoms with van der Waals surface area (Å²) in [5.74, 6) is 0. The van der Waals surface area contributed by atoms with E-state index in [9.17, 15) is 0 Å². The fraction of sp³-hybridized carbons (Fsp3) is 0.357. The third-order valence-electron chi connectivity index (χ3n) is 2.87. The molecule has 5 heteroatoms. The minimum Gasteiger partial charge on any atom is -0.305 e. The van der Waals surface area contributed by atoms with E-state index in [0.29, 0.717) is 10.0 Å². The normalized spacial score (nSPS) is 12.7. The van der Waals surface area contributed by atoms with Crippen LogP contribution in [0.15, 0.2) is 18.2 Å². The number of benzene rings is 1. The maximum Gasteiger partial charge on any atom is 0.0900 e. The van der Waals surface area contributed by atoms with E-state index in [2.05, 4.69) is 17.2 Å². The predicted molar refractivity (Wildman–Crippen MR) is 83.3 cm³/mol.